The zero-order chi connectivity index (χ0) is 9.26. The van der Waals surface area contributed by atoms with E-state index in [1.54, 1.807) is 22.9 Å². The molecule has 0 saturated heterocycles. The van der Waals surface area contributed by atoms with E-state index in [-0.39, 0.29) is 0 Å². The Kier molecular flexibility index (Phi) is 2.81. The second-order valence-corrected chi connectivity index (χ2v) is 5.33. The van der Waals surface area contributed by atoms with Crippen molar-refractivity contribution in [1.29, 1.82) is 0 Å². The molecular weight excluding hydrogens is 218 g/mol. The first-order valence-electron chi connectivity index (χ1n) is 4.40. The molecule has 0 fully saturated rings. The molecular formula is C9H11NS3. The van der Waals surface area contributed by atoms with Gasteiger partial charge in [-0.15, -0.1) is 11.3 Å². The molecule has 2 aromatic rings. The molecule has 0 atom stereocenters. The largest absolute Gasteiger partial charge is 0.287 e. The van der Waals surface area contributed by atoms with Crippen LogP contribution in [0.4, 0.5) is 0 Å². The van der Waals surface area contributed by atoms with Crippen LogP contribution in [0.2, 0.25) is 0 Å². The van der Waals surface area contributed by atoms with E-state index in [1.807, 2.05) is 0 Å². The van der Waals surface area contributed by atoms with Crippen LogP contribution in [0.3, 0.4) is 0 Å². The summed E-state index contributed by atoms with van der Waals surface area (Å²) in [5, 5.41) is 2.11. The highest BCUT2D eigenvalue weighted by Gasteiger charge is 2.04. The minimum absolute atomic E-state index is 1.03. The third-order valence-electron chi connectivity index (χ3n) is 1.97. The lowest BCUT2D eigenvalue weighted by Gasteiger charge is -1.97. The van der Waals surface area contributed by atoms with E-state index in [4.69, 9.17) is 12.2 Å². The summed E-state index contributed by atoms with van der Waals surface area (Å²) in [4.78, 5) is 0. The lowest BCUT2D eigenvalue weighted by molar-refractivity contribution is 0.667. The quantitative estimate of drug-likeness (QED) is 0.711. The summed E-state index contributed by atoms with van der Waals surface area (Å²) in [6, 6.07) is 2.16. The highest BCUT2D eigenvalue weighted by atomic mass is 32.1. The number of rotatable bonds is 3. The zero-order valence-corrected chi connectivity index (χ0v) is 9.90. The molecule has 0 spiro atoms. The van der Waals surface area contributed by atoms with Gasteiger partial charge in [-0.1, -0.05) is 37.1 Å². The Balaban J connectivity index is 2.40. The van der Waals surface area contributed by atoms with Crippen molar-refractivity contribution in [2.24, 2.45) is 0 Å². The van der Waals surface area contributed by atoms with Crippen LogP contribution in [0.15, 0.2) is 11.4 Å². The highest BCUT2D eigenvalue weighted by Crippen LogP contribution is 2.28. The van der Waals surface area contributed by atoms with E-state index in [2.05, 4.69) is 22.3 Å². The Labute approximate surface area is 90.8 Å². The Morgan fingerprint density at radius 2 is 2.38 bits per heavy atom. The van der Waals surface area contributed by atoms with Crippen LogP contribution >= 0.6 is 35.1 Å². The predicted octanol–water partition coefficient (Wildman–Crippen LogP) is 4.29. The maximum atomic E-state index is 5.38. The standard InChI is InChI=1S/C9H11NS3/c1-2-3-5-10-9(11)8-7(13-10)4-6-12-8/h4,6H,2-3,5H2,1H3. The van der Waals surface area contributed by atoms with Gasteiger partial charge < -0.3 is 0 Å². The van der Waals surface area contributed by atoms with Gasteiger partial charge in [0.1, 0.15) is 4.64 Å². The van der Waals surface area contributed by atoms with Gasteiger partial charge in [-0.25, -0.2) is 0 Å². The maximum absolute atomic E-state index is 5.38. The van der Waals surface area contributed by atoms with Gasteiger partial charge in [0.15, 0.2) is 0 Å². The topological polar surface area (TPSA) is 4.93 Å². The maximum Gasteiger partial charge on any atom is 0.134 e. The average Bonchev–Trinajstić information content (AvgIpc) is 2.67. The summed E-state index contributed by atoms with van der Waals surface area (Å²) in [7, 11) is 0. The van der Waals surface area contributed by atoms with Crippen molar-refractivity contribution < 1.29 is 0 Å². The molecule has 70 valence electrons. The third kappa shape index (κ3) is 1.71. The van der Waals surface area contributed by atoms with E-state index in [9.17, 15) is 0 Å². The van der Waals surface area contributed by atoms with E-state index in [1.165, 1.54) is 22.2 Å². The number of nitrogens with zero attached hydrogens (tertiary/aromatic N) is 1. The van der Waals surface area contributed by atoms with Gasteiger partial charge in [-0.05, 0) is 17.9 Å². The van der Waals surface area contributed by atoms with E-state index >= 15 is 0 Å². The van der Waals surface area contributed by atoms with E-state index in [0.717, 1.165) is 11.2 Å². The number of aromatic nitrogens is 1. The normalized spacial score (nSPS) is 11.2. The Hall–Kier alpha value is -0.190. The molecule has 2 heterocycles. The molecule has 4 heteroatoms. The van der Waals surface area contributed by atoms with Crippen molar-refractivity contribution in [3.05, 3.63) is 16.1 Å². The van der Waals surface area contributed by atoms with Gasteiger partial charge in [0, 0.05) is 6.54 Å². The summed E-state index contributed by atoms with van der Waals surface area (Å²) in [6.45, 7) is 3.29. The summed E-state index contributed by atoms with van der Waals surface area (Å²) in [5.41, 5.74) is 0. The molecule has 2 rings (SSSR count). The van der Waals surface area contributed by atoms with Crippen molar-refractivity contribution in [3.8, 4) is 0 Å². The Morgan fingerprint density at radius 3 is 3.08 bits per heavy atom. The lowest BCUT2D eigenvalue weighted by atomic mass is 10.3. The highest BCUT2D eigenvalue weighted by molar-refractivity contribution is 7.72. The molecule has 0 saturated carbocycles. The minimum Gasteiger partial charge on any atom is -0.287 e. The van der Waals surface area contributed by atoms with Crippen LogP contribution in [0.5, 0.6) is 0 Å². The minimum atomic E-state index is 1.03. The van der Waals surface area contributed by atoms with Crippen molar-refractivity contribution in [3.63, 3.8) is 0 Å². The van der Waals surface area contributed by atoms with Gasteiger partial charge in [0.2, 0.25) is 0 Å². The molecule has 0 amide bonds. The lowest BCUT2D eigenvalue weighted by Crippen LogP contribution is -1.91. The third-order valence-corrected chi connectivity index (χ3v) is 4.82. The molecule has 1 nitrogen and oxygen atoms in total. The van der Waals surface area contributed by atoms with Crippen molar-refractivity contribution in [2.75, 3.05) is 0 Å². The first-order valence-corrected chi connectivity index (χ1v) is 6.46. The molecule has 13 heavy (non-hydrogen) atoms. The SMILES string of the molecule is CCCCn1sc2ccsc2c1=S. The fraction of sp³-hybridized carbons (Fsp3) is 0.444. The van der Waals surface area contributed by atoms with Crippen LogP contribution < -0.4 is 0 Å². The van der Waals surface area contributed by atoms with Gasteiger partial charge in [-0.3, -0.25) is 3.96 Å². The molecule has 0 aromatic carbocycles. The fourth-order valence-electron chi connectivity index (χ4n) is 1.25. The number of aryl methyl sites for hydroxylation is 1. The summed E-state index contributed by atoms with van der Waals surface area (Å²) in [6.07, 6.45) is 2.45. The Morgan fingerprint density at radius 1 is 1.54 bits per heavy atom. The zero-order valence-electron chi connectivity index (χ0n) is 7.45. The molecule has 0 bridgehead atoms. The molecule has 2 aromatic heterocycles. The van der Waals surface area contributed by atoms with Crippen LogP contribution in [0.25, 0.3) is 9.40 Å². The van der Waals surface area contributed by atoms with Crippen LogP contribution in [-0.2, 0) is 6.54 Å². The summed E-state index contributed by atoms with van der Waals surface area (Å²) in [5.74, 6) is 0. The van der Waals surface area contributed by atoms with Gasteiger partial charge in [0.25, 0.3) is 0 Å². The molecule has 0 unspecified atom stereocenters. The van der Waals surface area contributed by atoms with E-state index < -0.39 is 0 Å². The number of hydrogen-bond acceptors (Lipinski definition) is 3. The van der Waals surface area contributed by atoms with Crippen molar-refractivity contribution in [2.45, 2.75) is 26.3 Å². The Bertz CT molecular complexity index is 449. The summed E-state index contributed by atoms with van der Waals surface area (Å²) >= 11 is 8.92. The average molecular weight is 229 g/mol. The van der Waals surface area contributed by atoms with Crippen molar-refractivity contribution in [1.82, 2.24) is 3.96 Å². The number of unbranched alkanes of at least 4 members (excludes halogenated alkanes) is 1. The fourth-order valence-corrected chi connectivity index (χ4v) is 3.85. The monoisotopic (exact) mass is 229 g/mol. The first kappa shape index (κ1) is 9.37. The first-order chi connectivity index (χ1) is 6.33. The van der Waals surface area contributed by atoms with E-state index in [0.29, 0.717) is 0 Å². The number of hydrogen-bond donors (Lipinski definition) is 0. The molecule has 0 aliphatic carbocycles. The van der Waals surface area contributed by atoms with Gasteiger partial charge in [-0.2, -0.15) is 0 Å². The van der Waals surface area contributed by atoms with Gasteiger partial charge in [0.05, 0.1) is 9.40 Å². The molecule has 0 radical (unpaired) electrons. The van der Waals surface area contributed by atoms with Gasteiger partial charge >= 0.3 is 0 Å². The number of thiophene rings is 1. The predicted molar refractivity (Wildman–Crippen MR) is 63.4 cm³/mol. The second kappa shape index (κ2) is 3.90. The van der Waals surface area contributed by atoms with Crippen LogP contribution in [0.1, 0.15) is 19.8 Å². The second-order valence-electron chi connectivity index (χ2n) is 2.97. The van der Waals surface area contributed by atoms with Crippen LogP contribution in [-0.4, -0.2) is 3.96 Å². The smallest absolute Gasteiger partial charge is 0.134 e. The van der Waals surface area contributed by atoms with Crippen molar-refractivity contribution >= 4 is 44.5 Å². The molecule has 0 N–H and O–H groups in total. The molecule has 0 aliphatic heterocycles. The number of fused-ring (bicyclic) bond motifs is 1. The van der Waals surface area contributed by atoms with Crippen LogP contribution in [0, 0.1) is 4.64 Å². The summed E-state index contributed by atoms with van der Waals surface area (Å²) < 4.78 is 5.89. The molecule has 0 aliphatic rings.